The van der Waals surface area contributed by atoms with Crippen molar-refractivity contribution in [1.29, 1.82) is 0 Å². The lowest BCUT2D eigenvalue weighted by molar-refractivity contribution is 0.0950. The molecule has 0 unspecified atom stereocenters. The van der Waals surface area contributed by atoms with Crippen LogP contribution in [0.3, 0.4) is 0 Å². The first-order valence-electron chi connectivity index (χ1n) is 12.3. The summed E-state index contributed by atoms with van der Waals surface area (Å²) < 4.78 is 26.2. The molecule has 3 aromatic rings. The minimum atomic E-state index is -3.63. The Bertz CT molecular complexity index is 1340. The number of hydrogen-bond acceptors (Lipinski definition) is 4. The van der Waals surface area contributed by atoms with Gasteiger partial charge in [0.1, 0.15) is 0 Å². The van der Waals surface area contributed by atoms with Crippen molar-refractivity contribution in [1.82, 2.24) is 10.2 Å². The number of amides is 1. The summed E-state index contributed by atoms with van der Waals surface area (Å²) in [5.41, 5.74) is 3.87. The molecule has 0 atom stereocenters. The van der Waals surface area contributed by atoms with Crippen LogP contribution in [-0.2, 0) is 29.7 Å². The number of piperidine rings is 1. The monoisotopic (exact) mass is 559 g/mol. The Morgan fingerprint density at radius 1 is 0.919 bits per heavy atom. The quantitative estimate of drug-likeness (QED) is 0.355. The van der Waals surface area contributed by atoms with Crippen molar-refractivity contribution < 1.29 is 13.2 Å². The third-order valence-electron chi connectivity index (χ3n) is 6.54. The maximum absolute atomic E-state index is 12.9. The summed E-state index contributed by atoms with van der Waals surface area (Å²) in [6, 6.07) is 20.0. The number of anilines is 1. The highest BCUT2D eigenvalue weighted by Crippen LogP contribution is 2.34. The average molecular weight is 561 g/mol. The highest BCUT2D eigenvalue weighted by Gasteiger charge is 2.22. The smallest absolute Gasteiger partial charge is 0.251 e. The van der Waals surface area contributed by atoms with Gasteiger partial charge in [-0.15, -0.1) is 0 Å². The molecule has 0 saturated carbocycles. The fourth-order valence-electron chi connectivity index (χ4n) is 4.51. The van der Waals surface area contributed by atoms with Gasteiger partial charge < -0.3 is 5.32 Å². The largest absolute Gasteiger partial charge is 0.348 e. The molecule has 1 aliphatic rings. The maximum Gasteiger partial charge on any atom is 0.251 e. The normalized spacial score (nSPS) is 14.4. The Kier molecular flexibility index (Phi) is 9.13. The molecular formula is C28H31Cl2N3O3S. The topological polar surface area (TPSA) is 69.7 Å². The van der Waals surface area contributed by atoms with Gasteiger partial charge in [0.15, 0.2) is 0 Å². The molecule has 1 saturated heterocycles. The number of sulfonamides is 1. The molecule has 1 N–H and O–H groups in total. The third kappa shape index (κ3) is 7.26. The number of benzene rings is 3. The van der Waals surface area contributed by atoms with Crippen LogP contribution >= 0.6 is 23.2 Å². The van der Waals surface area contributed by atoms with Gasteiger partial charge in [-0.1, -0.05) is 72.1 Å². The van der Waals surface area contributed by atoms with Crippen LogP contribution in [-0.4, -0.2) is 38.6 Å². The molecule has 3 aromatic carbocycles. The van der Waals surface area contributed by atoms with Gasteiger partial charge in [0.25, 0.3) is 5.91 Å². The van der Waals surface area contributed by atoms with Crippen molar-refractivity contribution in [2.45, 2.75) is 38.9 Å². The van der Waals surface area contributed by atoms with Gasteiger partial charge in [0, 0.05) is 18.7 Å². The van der Waals surface area contributed by atoms with E-state index in [1.165, 1.54) is 29.1 Å². The second-order valence-electron chi connectivity index (χ2n) is 9.33. The van der Waals surface area contributed by atoms with Gasteiger partial charge >= 0.3 is 0 Å². The summed E-state index contributed by atoms with van der Waals surface area (Å²) in [7, 11) is -3.63. The molecule has 0 aliphatic carbocycles. The average Bonchev–Trinajstić information content (AvgIpc) is 2.89. The zero-order chi connectivity index (χ0) is 26.4. The summed E-state index contributed by atoms with van der Waals surface area (Å²) >= 11 is 12.4. The predicted molar refractivity (Wildman–Crippen MR) is 151 cm³/mol. The van der Waals surface area contributed by atoms with E-state index in [2.05, 4.69) is 22.3 Å². The van der Waals surface area contributed by atoms with E-state index in [1.54, 1.807) is 42.5 Å². The van der Waals surface area contributed by atoms with Gasteiger partial charge in [-0.25, -0.2) is 8.42 Å². The second kappa shape index (κ2) is 12.3. The minimum Gasteiger partial charge on any atom is -0.348 e. The molecule has 1 amide bonds. The van der Waals surface area contributed by atoms with Gasteiger partial charge in [0.05, 0.1) is 28.5 Å². The first-order chi connectivity index (χ1) is 17.7. The number of halogens is 2. The van der Waals surface area contributed by atoms with Crippen LogP contribution in [0, 0.1) is 0 Å². The Morgan fingerprint density at radius 3 is 2.27 bits per heavy atom. The maximum atomic E-state index is 12.9. The van der Waals surface area contributed by atoms with Crippen molar-refractivity contribution >= 4 is 44.8 Å². The lowest BCUT2D eigenvalue weighted by atomic mass is 10.0. The Hall–Kier alpha value is -2.58. The summed E-state index contributed by atoms with van der Waals surface area (Å²) in [5, 5.41) is 3.47. The van der Waals surface area contributed by atoms with E-state index in [9.17, 15) is 13.2 Å². The molecular weight excluding hydrogens is 529 g/mol. The Labute approximate surface area is 229 Å². The van der Waals surface area contributed by atoms with E-state index in [0.29, 0.717) is 23.4 Å². The molecule has 4 rings (SSSR count). The third-order valence-corrected chi connectivity index (χ3v) is 8.48. The highest BCUT2D eigenvalue weighted by molar-refractivity contribution is 7.92. The molecule has 37 heavy (non-hydrogen) atoms. The van der Waals surface area contributed by atoms with E-state index in [0.717, 1.165) is 31.5 Å². The molecule has 1 heterocycles. The lowest BCUT2D eigenvalue weighted by Gasteiger charge is -2.27. The number of nitrogens with zero attached hydrogens (tertiary/aromatic N) is 2. The first-order valence-corrected chi connectivity index (χ1v) is 14.9. The van der Waals surface area contributed by atoms with Gasteiger partial charge in [0.2, 0.25) is 10.0 Å². The molecule has 0 aromatic heterocycles. The number of nitrogens with one attached hydrogen (secondary N) is 1. The summed E-state index contributed by atoms with van der Waals surface area (Å²) in [6.07, 6.45) is 4.90. The second-order valence-corrected chi connectivity index (χ2v) is 12.0. The van der Waals surface area contributed by atoms with E-state index >= 15 is 0 Å². The number of rotatable bonds is 9. The van der Waals surface area contributed by atoms with Crippen LogP contribution in [0.1, 0.15) is 46.3 Å². The summed E-state index contributed by atoms with van der Waals surface area (Å²) in [6.45, 7) is 3.64. The zero-order valence-electron chi connectivity index (χ0n) is 20.8. The van der Waals surface area contributed by atoms with Crippen LogP contribution in [0.5, 0.6) is 0 Å². The van der Waals surface area contributed by atoms with Crippen LogP contribution < -0.4 is 9.62 Å². The molecule has 1 fully saturated rings. The van der Waals surface area contributed by atoms with E-state index < -0.39 is 10.0 Å². The van der Waals surface area contributed by atoms with E-state index in [-0.39, 0.29) is 22.5 Å². The lowest BCUT2D eigenvalue weighted by Crippen LogP contribution is -2.30. The van der Waals surface area contributed by atoms with Crippen molar-refractivity contribution in [2.24, 2.45) is 0 Å². The summed E-state index contributed by atoms with van der Waals surface area (Å²) in [4.78, 5) is 15.3. The van der Waals surface area contributed by atoms with Crippen molar-refractivity contribution in [3.05, 3.63) is 99.0 Å². The Morgan fingerprint density at radius 2 is 1.59 bits per heavy atom. The van der Waals surface area contributed by atoms with Crippen molar-refractivity contribution in [2.75, 3.05) is 23.7 Å². The van der Waals surface area contributed by atoms with Crippen LogP contribution in [0.15, 0.2) is 66.7 Å². The van der Waals surface area contributed by atoms with Crippen molar-refractivity contribution in [3.63, 3.8) is 0 Å². The number of carbonyl (C=O) groups excluding carboxylic acids is 1. The molecule has 1 aliphatic heterocycles. The molecule has 9 heteroatoms. The first kappa shape index (κ1) is 27.5. The van der Waals surface area contributed by atoms with E-state index in [1.807, 2.05) is 12.1 Å². The molecule has 0 bridgehead atoms. The van der Waals surface area contributed by atoms with E-state index in [4.69, 9.17) is 23.2 Å². The Balaban J connectivity index is 1.41. The van der Waals surface area contributed by atoms with Gasteiger partial charge in [-0.2, -0.15) is 0 Å². The highest BCUT2D eigenvalue weighted by atomic mass is 35.5. The van der Waals surface area contributed by atoms with Crippen LogP contribution in [0.25, 0.3) is 0 Å². The van der Waals surface area contributed by atoms with Gasteiger partial charge in [-0.3, -0.25) is 14.0 Å². The molecule has 196 valence electrons. The van der Waals surface area contributed by atoms with Crippen LogP contribution in [0.2, 0.25) is 10.0 Å². The van der Waals surface area contributed by atoms with Gasteiger partial charge in [-0.05, 0) is 66.9 Å². The SMILES string of the molecule is CS(=O)(=O)N(Cc1ccc(C(=O)NCc2ccccc2CN2CCCCC2)cc1)c1cccc(Cl)c1Cl. The number of carbonyl (C=O) groups is 1. The van der Waals surface area contributed by atoms with Crippen molar-refractivity contribution in [3.8, 4) is 0 Å². The molecule has 6 nitrogen and oxygen atoms in total. The minimum absolute atomic E-state index is 0.0602. The predicted octanol–water partition coefficient (Wildman–Crippen LogP) is 5.88. The number of hydrogen-bond donors (Lipinski definition) is 1. The fourth-order valence-corrected chi connectivity index (χ4v) is 5.85. The van der Waals surface area contributed by atoms with Crippen LogP contribution in [0.4, 0.5) is 5.69 Å². The fraction of sp³-hybridized carbons (Fsp3) is 0.321. The number of likely N-dealkylation sites (tertiary alicyclic amines) is 1. The summed E-state index contributed by atoms with van der Waals surface area (Å²) in [5.74, 6) is -0.183. The zero-order valence-corrected chi connectivity index (χ0v) is 23.1. The molecule has 0 spiro atoms. The standard InChI is InChI=1S/C28H31Cl2N3O3S/c1-37(35,36)33(26-11-7-10-25(29)27(26)30)19-21-12-14-22(15-13-21)28(34)31-18-23-8-3-4-9-24(23)20-32-16-5-2-6-17-32/h3-4,7-15H,2,5-6,16-20H2,1H3,(H,31,34). The molecule has 0 radical (unpaired) electrons.